The molecule has 1 aromatic heterocycles. The Morgan fingerprint density at radius 1 is 1.11 bits per heavy atom. The second-order valence-corrected chi connectivity index (χ2v) is 6.62. The lowest BCUT2D eigenvalue weighted by molar-refractivity contribution is 0.365. The first kappa shape index (κ1) is 12.2. The lowest BCUT2D eigenvalue weighted by Gasteiger charge is -2.25. The van der Waals surface area contributed by atoms with Gasteiger partial charge in [-0.3, -0.25) is 4.98 Å². The summed E-state index contributed by atoms with van der Waals surface area (Å²) in [6.45, 7) is 0. The minimum Gasteiger partial charge on any atom is -0.253 e. The molecule has 2 aromatic rings. The summed E-state index contributed by atoms with van der Waals surface area (Å²) in [4.78, 5) is 5.50. The van der Waals surface area contributed by atoms with Crippen LogP contribution in [0.3, 0.4) is 0 Å². The average molecular weight is 304 g/mol. The topological polar surface area (TPSA) is 12.9 Å². The smallest absolute Gasteiger partial charge is 0.0705 e. The molecule has 0 saturated heterocycles. The SMILES string of the molecule is BrC1CCCC(Cc2ccc3ccccc3n2)C1. The van der Waals surface area contributed by atoms with E-state index in [0.29, 0.717) is 0 Å². The van der Waals surface area contributed by atoms with Crippen molar-refractivity contribution in [2.75, 3.05) is 0 Å². The molecule has 1 fully saturated rings. The number of nitrogens with zero attached hydrogens (tertiary/aromatic N) is 1. The standard InChI is InChI=1S/C16H18BrN/c17-14-6-3-4-12(10-14)11-15-9-8-13-5-1-2-7-16(13)18-15/h1-2,5,7-9,12,14H,3-4,6,10-11H2. The number of rotatable bonds is 2. The molecule has 2 heteroatoms. The summed E-state index contributed by atoms with van der Waals surface area (Å²) >= 11 is 3.76. The second kappa shape index (κ2) is 5.40. The Hall–Kier alpha value is -0.890. The number of hydrogen-bond acceptors (Lipinski definition) is 1. The highest BCUT2D eigenvalue weighted by Gasteiger charge is 2.20. The zero-order chi connectivity index (χ0) is 12.4. The third kappa shape index (κ3) is 2.74. The summed E-state index contributed by atoms with van der Waals surface area (Å²) in [5, 5.41) is 1.24. The van der Waals surface area contributed by atoms with Crippen molar-refractivity contribution >= 4 is 26.8 Å². The van der Waals surface area contributed by atoms with E-state index in [0.717, 1.165) is 22.7 Å². The van der Waals surface area contributed by atoms with Gasteiger partial charge < -0.3 is 0 Å². The van der Waals surface area contributed by atoms with Crippen LogP contribution in [0, 0.1) is 5.92 Å². The van der Waals surface area contributed by atoms with Gasteiger partial charge in [-0.2, -0.15) is 0 Å². The second-order valence-electron chi connectivity index (χ2n) is 5.33. The number of para-hydroxylation sites is 1. The van der Waals surface area contributed by atoms with Gasteiger partial charge >= 0.3 is 0 Å². The van der Waals surface area contributed by atoms with Gasteiger partial charge in [0.25, 0.3) is 0 Å². The number of aromatic nitrogens is 1. The van der Waals surface area contributed by atoms with Crippen molar-refractivity contribution in [2.24, 2.45) is 5.92 Å². The number of halogens is 1. The Morgan fingerprint density at radius 2 is 2.00 bits per heavy atom. The zero-order valence-corrected chi connectivity index (χ0v) is 12.1. The van der Waals surface area contributed by atoms with E-state index in [1.54, 1.807) is 0 Å². The van der Waals surface area contributed by atoms with Crippen LogP contribution in [0.1, 0.15) is 31.4 Å². The Kier molecular flexibility index (Phi) is 3.64. The van der Waals surface area contributed by atoms with Gasteiger partial charge in [-0.05, 0) is 43.7 Å². The van der Waals surface area contributed by atoms with Crippen LogP contribution in [0.5, 0.6) is 0 Å². The van der Waals surface area contributed by atoms with E-state index in [1.165, 1.54) is 36.8 Å². The molecule has 0 amide bonds. The van der Waals surface area contributed by atoms with Crippen LogP contribution >= 0.6 is 15.9 Å². The number of pyridine rings is 1. The minimum absolute atomic E-state index is 0.719. The van der Waals surface area contributed by atoms with Crippen molar-refractivity contribution < 1.29 is 0 Å². The van der Waals surface area contributed by atoms with Crippen molar-refractivity contribution in [3.05, 3.63) is 42.1 Å². The van der Waals surface area contributed by atoms with Crippen molar-refractivity contribution in [2.45, 2.75) is 36.9 Å². The summed E-state index contributed by atoms with van der Waals surface area (Å²) in [7, 11) is 0. The number of benzene rings is 1. The quantitative estimate of drug-likeness (QED) is 0.731. The van der Waals surface area contributed by atoms with Crippen LogP contribution in [0.4, 0.5) is 0 Å². The van der Waals surface area contributed by atoms with E-state index in [2.05, 4.69) is 52.3 Å². The highest BCUT2D eigenvalue weighted by atomic mass is 79.9. The predicted octanol–water partition coefficient (Wildman–Crippen LogP) is 4.73. The highest BCUT2D eigenvalue weighted by Crippen LogP contribution is 2.31. The van der Waals surface area contributed by atoms with E-state index >= 15 is 0 Å². The Balaban J connectivity index is 1.78. The number of hydrogen-bond donors (Lipinski definition) is 0. The summed E-state index contributed by atoms with van der Waals surface area (Å²) in [5.74, 6) is 0.803. The predicted molar refractivity (Wildman–Crippen MR) is 80.1 cm³/mol. The molecule has 1 aliphatic rings. The van der Waals surface area contributed by atoms with Crippen LogP contribution in [0.15, 0.2) is 36.4 Å². The van der Waals surface area contributed by atoms with Gasteiger partial charge in [-0.15, -0.1) is 0 Å². The molecule has 0 aliphatic heterocycles. The number of alkyl halides is 1. The van der Waals surface area contributed by atoms with Gasteiger partial charge in [0.15, 0.2) is 0 Å². The first-order valence-corrected chi connectivity index (χ1v) is 7.71. The molecule has 2 unspecified atom stereocenters. The molecule has 0 bridgehead atoms. The molecule has 2 atom stereocenters. The molecule has 0 N–H and O–H groups in total. The maximum absolute atomic E-state index is 4.78. The zero-order valence-electron chi connectivity index (χ0n) is 10.5. The fourth-order valence-electron chi connectivity index (χ4n) is 2.93. The van der Waals surface area contributed by atoms with Gasteiger partial charge in [0.1, 0.15) is 0 Å². The third-order valence-electron chi connectivity index (χ3n) is 3.87. The van der Waals surface area contributed by atoms with E-state index < -0.39 is 0 Å². The first-order valence-electron chi connectivity index (χ1n) is 6.80. The van der Waals surface area contributed by atoms with Gasteiger partial charge in [0.2, 0.25) is 0 Å². The van der Waals surface area contributed by atoms with Gasteiger partial charge in [-0.25, -0.2) is 0 Å². The molecule has 1 aromatic carbocycles. The molecule has 1 aliphatic carbocycles. The average Bonchev–Trinajstić information content (AvgIpc) is 2.39. The monoisotopic (exact) mass is 303 g/mol. The number of fused-ring (bicyclic) bond motifs is 1. The molecular weight excluding hydrogens is 286 g/mol. The molecule has 94 valence electrons. The molecule has 3 rings (SSSR count). The molecule has 0 radical (unpaired) electrons. The normalized spacial score (nSPS) is 24.3. The Morgan fingerprint density at radius 3 is 2.89 bits per heavy atom. The molecular formula is C16H18BrN. The minimum atomic E-state index is 0.719. The molecule has 1 nitrogen and oxygen atoms in total. The molecule has 18 heavy (non-hydrogen) atoms. The summed E-state index contributed by atoms with van der Waals surface area (Å²) < 4.78 is 0. The summed E-state index contributed by atoms with van der Waals surface area (Å²) in [6.07, 6.45) is 6.48. The van der Waals surface area contributed by atoms with Crippen molar-refractivity contribution in [3.63, 3.8) is 0 Å². The fourth-order valence-corrected chi connectivity index (χ4v) is 3.78. The largest absolute Gasteiger partial charge is 0.253 e. The fraction of sp³-hybridized carbons (Fsp3) is 0.438. The molecule has 1 saturated carbocycles. The van der Waals surface area contributed by atoms with E-state index in [4.69, 9.17) is 4.98 Å². The van der Waals surface area contributed by atoms with E-state index in [1.807, 2.05) is 0 Å². The van der Waals surface area contributed by atoms with Gasteiger partial charge in [0.05, 0.1) is 5.52 Å². The summed E-state index contributed by atoms with van der Waals surface area (Å²) in [5.41, 5.74) is 2.38. The Labute approximate surface area is 117 Å². The highest BCUT2D eigenvalue weighted by molar-refractivity contribution is 9.09. The third-order valence-corrected chi connectivity index (χ3v) is 4.70. The van der Waals surface area contributed by atoms with Crippen LogP contribution < -0.4 is 0 Å². The molecule has 1 heterocycles. The first-order chi connectivity index (χ1) is 8.81. The van der Waals surface area contributed by atoms with Crippen LogP contribution in [-0.4, -0.2) is 9.81 Å². The van der Waals surface area contributed by atoms with Crippen molar-refractivity contribution in [1.82, 2.24) is 4.98 Å². The maximum atomic E-state index is 4.78. The van der Waals surface area contributed by atoms with Crippen LogP contribution in [0.2, 0.25) is 0 Å². The van der Waals surface area contributed by atoms with E-state index in [-0.39, 0.29) is 0 Å². The lowest BCUT2D eigenvalue weighted by atomic mass is 9.86. The molecule has 0 spiro atoms. The van der Waals surface area contributed by atoms with Crippen LogP contribution in [-0.2, 0) is 6.42 Å². The van der Waals surface area contributed by atoms with Crippen molar-refractivity contribution in [1.29, 1.82) is 0 Å². The van der Waals surface area contributed by atoms with Gasteiger partial charge in [0, 0.05) is 15.9 Å². The summed E-state index contributed by atoms with van der Waals surface area (Å²) in [6, 6.07) is 12.8. The van der Waals surface area contributed by atoms with Gasteiger partial charge in [-0.1, -0.05) is 46.6 Å². The maximum Gasteiger partial charge on any atom is 0.0705 e. The van der Waals surface area contributed by atoms with E-state index in [9.17, 15) is 0 Å². The van der Waals surface area contributed by atoms with Crippen molar-refractivity contribution in [3.8, 4) is 0 Å². The lowest BCUT2D eigenvalue weighted by Crippen LogP contribution is -2.17. The van der Waals surface area contributed by atoms with Crippen LogP contribution in [0.25, 0.3) is 10.9 Å². The Bertz CT molecular complexity index is 537.